The van der Waals surface area contributed by atoms with Crippen LogP contribution in [-0.4, -0.2) is 37.7 Å². The van der Waals surface area contributed by atoms with E-state index in [9.17, 15) is 9.59 Å². The number of nitrogens with one attached hydrogen (secondary N) is 1. The normalized spacial score (nSPS) is 12.3. The highest BCUT2D eigenvalue weighted by atomic mass is 16.7. The molecular formula is C32H30N2O6. The van der Waals surface area contributed by atoms with E-state index in [1.165, 1.54) is 7.11 Å². The van der Waals surface area contributed by atoms with Crippen LogP contribution < -0.4 is 24.3 Å². The summed E-state index contributed by atoms with van der Waals surface area (Å²) in [4.78, 5) is 29.7. The van der Waals surface area contributed by atoms with E-state index in [1.807, 2.05) is 60.7 Å². The van der Waals surface area contributed by atoms with Gasteiger partial charge in [0.05, 0.1) is 20.6 Å². The number of nitrogens with zero attached hydrogens (tertiary/aromatic N) is 1. The number of fused-ring (bicyclic) bond motifs is 1. The van der Waals surface area contributed by atoms with Gasteiger partial charge in [-0.25, -0.2) is 0 Å². The molecule has 0 aliphatic carbocycles. The third kappa shape index (κ3) is 6.02. The Kier molecular flexibility index (Phi) is 8.15. The van der Waals surface area contributed by atoms with Crippen LogP contribution >= 0.6 is 0 Å². The van der Waals surface area contributed by atoms with Crippen molar-refractivity contribution in [1.29, 1.82) is 0 Å². The molecule has 0 spiro atoms. The lowest BCUT2D eigenvalue weighted by molar-refractivity contribution is -0.139. The van der Waals surface area contributed by atoms with Crippen molar-refractivity contribution in [3.8, 4) is 23.0 Å². The molecule has 0 fully saturated rings. The van der Waals surface area contributed by atoms with Crippen molar-refractivity contribution in [2.45, 2.75) is 19.0 Å². The fourth-order valence-electron chi connectivity index (χ4n) is 4.66. The maximum atomic E-state index is 14.1. The molecule has 40 heavy (non-hydrogen) atoms. The monoisotopic (exact) mass is 538 g/mol. The Labute approximate surface area is 233 Å². The lowest BCUT2D eigenvalue weighted by Gasteiger charge is -2.32. The second-order valence-electron chi connectivity index (χ2n) is 9.24. The first-order valence-electron chi connectivity index (χ1n) is 12.9. The van der Waals surface area contributed by atoms with Crippen LogP contribution in [0.4, 0.5) is 5.69 Å². The van der Waals surface area contributed by atoms with E-state index in [2.05, 4.69) is 5.32 Å². The lowest BCUT2D eigenvalue weighted by Crippen LogP contribution is -2.41. The van der Waals surface area contributed by atoms with Crippen molar-refractivity contribution in [2.24, 2.45) is 0 Å². The van der Waals surface area contributed by atoms with Gasteiger partial charge in [-0.3, -0.25) is 9.59 Å². The molecule has 0 saturated carbocycles. The van der Waals surface area contributed by atoms with Crippen LogP contribution in [0.25, 0.3) is 0 Å². The van der Waals surface area contributed by atoms with Gasteiger partial charge in [-0.15, -0.1) is 0 Å². The molecule has 204 valence electrons. The molecular weight excluding hydrogens is 508 g/mol. The van der Waals surface area contributed by atoms with Crippen molar-refractivity contribution < 1.29 is 28.5 Å². The standard InChI is InChI=1S/C32H30N2O6/c1-37-26-15-13-24(18-28(26)38-2)31(32(36)33-25-14-16-27-29(19-25)40-21-39-27)34(20-23-11-7-4-8-12-23)30(35)17-22-9-5-3-6-10-22/h3-16,18-19,31H,17,20-21H2,1-2H3,(H,33,36)/t31-/m1/s1. The summed E-state index contributed by atoms with van der Waals surface area (Å²) >= 11 is 0. The summed E-state index contributed by atoms with van der Waals surface area (Å²) < 4.78 is 21.8. The zero-order valence-electron chi connectivity index (χ0n) is 22.3. The minimum atomic E-state index is -0.985. The Morgan fingerprint density at radius 2 is 1.48 bits per heavy atom. The third-order valence-corrected chi connectivity index (χ3v) is 6.64. The summed E-state index contributed by atoms with van der Waals surface area (Å²) in [5.41, 5.74) is 2.85. The summed E-state index contributed by atoms with van der Waals surface area (Å²) in [7, 11) is 3.08. The van der Waals surface area contributed by atoms with Gasteiger partial charge in [0.25, 0.3) is 5.91 Å². The molecule has 0 saturated heterocycles. The molecule has 0 unspecified atom stereocenters. The number of methoxy groups -OCH3 is 2. The minimum absolute atomic E-state index is 0.125. The van der Waals surface area contributed by atoms with Crippen LogP contribution in [0.3, 0.4) is 0 Å². The van der Waals surface area contributed by atoms with E-state index in [4.69, 9.17) is 18.9 Å². The smallest absolute Gasteiger partial charge is 0.251 e. The lowest BCUT2D eigenvalue weighted by atomic mass is 10.0. The number of anilines is 1. The van der Waals surface area contributed by atoms with Gasteiger partial charge in [-0.05, 0) is 41.0 Å². The molecule has 0 aromatic heterocycles. The number of carbonyl (C=O) groups excluding carboxylic acids is 2. The van der Waals surface area contributed by atoms with E-state index in [0.29, 0.717) is 34.2 Å². The topological polar surface area (TPSA) is 86.3 Å². The van der Waals surface area contributed by atoms with E-state index < -0.39 is 6.04 Å². The fourth-order valence-corrected chi connectivity index (χ4v) is 4.66. The first-order chi connectivity index (χ1) is 19.6. The van der Waals surface area contributed by atoms with E-state index >= 15 is 0 Å². The SMILES string of the molecule is COc1ccc([C@H](C(=O)Nc2ccc3c(c2)OCO3)N(Cc2ccccc2)C(=O)Cc2ccccc2)cc1OC. The van der Waals surface area contributed by atoms with Gasteiger partial charge in [0.15, 0.2) is 23.0 Å². The molecule has 8 heteroatoms. The summed E-state index contributed by atoms with van der Waals surface area (Å²) in [6.45, 7) is 0.347. The van der Waals surface area contributed by atoms with Gasteiger partial charge in [0, 0.05) is 18.3 Å². The molecule has 1 atom stereocenters. The molecule has 4 aromatic rings. The Hall–Kier alpha value is -4.98. The maximum Gasteiger partial charge on any atom is 0.251 e. The van der Waals surface area contributed by atoms with E-state index in [-0.39, 0.29) is 31.6 Å². The summed E-state index contributed by atoms with van der Waals surface area (Å²) in [6.07, 6.45) is 0.134. The van der Waals surface area contributed by atoms with Gasteiger partial charge in [-0.2, -0.15) is 0 Å². The number of rotatable bonds is 10. The highest BCUT2D eigenvalue weighted by Gasteiger charge is 2.33. The van der Waals surface area contributed by atoms with Gasteiger partial charge in [-0.1, -0.05) is 66.7 Å². The number of carbonyl (C=O) groups is 2. The number of hydrogen-bond acceptors (Lipinski definition) is 6. The molecule has 1 N–H and O–H groups in total. The van der Waals surface area contributed by atoms with E-state index in [1.54, 1.807) is 48.4 Å². The molecule has 5 rings (SSSR count). The minimum Gasteiger partial charge on any atom is -0.493 e. The predicted octanol–water partition coefficient (Wildman–Crippen LogP) is 5.38. The van der Waals surface area contributed by atoms with Crippen molar-refractivity contribution in [3.05, 3.63) is 114 Å². The zero-order valence-corrected chi connectivity index (χ0v) is 22.3. The van der Waals surface area contributed by atoms with Crippen molar-refractivity contribution >= 4 is 17.5 Å². The van der Waals surface area contributed by atoms with Crippen molar-refractivity contribution in [3.63, 3.8) is 0 Å². The number of benzene rings is 4. The van der Waals surface area contributed by atoms with Crippen molar-refractivity contribution in [2.75, 3.05) is 26.3 Å². The third-order valence-electron chi connectivity index (χ3n) is 6.64. The maximum absolute atomic E-state index is 14.1. The van der Waals surface area contributed by atoms with Gasteiger partial charge in [0.2, 0.25) is 12.7 Å². The highest BCUT2D eigenvalue weighted by Crippen LogP contribution is 2.36. The molecule has 1 aliphatic heterocycles. The summed E-state index contributed by atoms with van der Waals surface area (Å²) in [5, 5.41) is 2.98. The largest absolute Gasteiger partial charge is 0.493 e. The first kappa shape index (κ1) is 26.6. The van der Waals surface area contributed by atoms with Gasteiger partial charge >= 0.3 is 0 Å². The van der Waals surface area contributed by atoms with Crippen LogP contribution in [-0.2, 0) is 22.6 Å². The Morgan fingerprint density at radius 1 is 0.800 bits per heavy atom. The van der Waals surface area contributed by atoms with Gasteiger partial charge < -0.3 is 29.2 Å². The molecule has 4 aromatic carbocycles. The Balaban J connectivity index is 1.56. The predicted molar refractivity (Wildman–Crippen MR) is 151 cm³/mol. The summed E-state index contributed by atoms with van der Waals surface area (Å²) in [6, 6.07) is 28.5. The highest BCUT2D eigenvalue weighted by molar-refractivity contribution is 5.98. The molecule has 1 aliphatic rings. The number of hydrogen-bond donors (Lipinski definition) is 1. The second-order valence-corrected chi connectivity index (χ2v) is 9.24. The Bertz CT molecular complexity index is 1480. The van der Waals surface area contributed by atoms with Crippen LogP contribution in [0.15, 0.2) is 97.1 Å². The molecule has 0 radical (unpaired) electrons. The van der Waals surface area contributed by atoms with Crippen LogP contribution in [0.2, 0.25) is 0 Å². The molecule has 0 bridgehead atoms. The Morgan fingerprint density at radius 3 is 2.17 bits per heavy atom. The van der Waals surface area contributed by atoms with Crippen LogP contribution in [0, 0.1) is 0 Å². The molecule has 2 amide bonds. The molecule has 8 nitrogen and oxygen atoms in total. The number of ether oxygens (including phenoxy) is 4. The quantitative estimate of drug-likeness (QED) is 0.292. The number of amides is 2. The average Bonchev–Trinajstić information content (AvgIpc) is 3.46. The van der Waals surface area contributed by atoms with Crippen LogP contribution in [0.5, 0.6) is 23.0 Å². The summed E-state index contributed by atoms with van der Waals surface area (Å²) in [5.74, 6) is 1.54. The van der Waals surface area contributed by atoms with Gasteiger partial charge in [0.1, 0.15) is 6.04 Å². The van der Waals surface area contributed by atoms with Crippen LogP contribution in [0.1, 0.15) is 22.7 Å². The first-order valence-corrected chi connectivity index (χ1v) is 12.9. The zero-order chi connectivity index (χ0) is 27.9. The fraction of sp³-hybridized carbons (Fsp3) is 0.188. The second kappa shape index (κ2) is 12.3. The average molecular weight is 539 g/mol. The molecule has 1 heterocycles. The van der Waals surface area contributed by atoms with Crippen molar-refractivity contribution in [1.82, 2.24) is 4.90 Å². The van der Waals surface area contributed by atoms with E-state index in [0.717, 1.165) is 11.1 Å².